The predicted octanol–water partition coefficient (Wildman–Crippen LogP) is 2.60. The first-order valence-electron chi connectivity index (χ1n) is 8.24. The van der Waals surface area contributed by atoms with Crippen molar-refractivity contribution < 1.29 is 19.8 Å². The average molecular weight is 341 g/mol. The smallest absolute Gasteiger partial charge is 0.334 e. The molecular formula is C20H23NO4. The topological polar surface area (TPSA) is 86.6 Å². The van der Waals surface area contributed by atoms with Crippen LogP contribution >= 0.6 is 0 Å². The van der Waals surface area contributed by atoms with E-state index in [2.05, 4.69) is 19.2 Å². The van der Waals surface area contributed by atoms with Crippen LogP contribution in [0.15, 0.2) is 54.6 Å². The van der Waals surface area contributed by atoms with Crippen molar-refractivity contribution in [2.45, 2.75) is 38.3 Å². The van der Waals surface area contributed by atoms with Crippen molar-refractivity contribution in [3.05, 3.63) is 71.3 Å². The fourth-order valence-electron chi connectivity index (χ4n) is 2.55. The van der Waals surface area contributed by atoms with Gasteiger partial charge in [0.15, 0.2) is 6.10 Å². The van der Waals surface area contributed by atoms with Gasteiger partial charge in [0.2, 0.25) is 0 Å². The van der Waals surface area contributed by atoms with Gasteiger partial charge < -0.3 is 15.5 Å². The number of benzene rings is 2. The van der Waals surface area contributed by atoms with E-state index in [1.165, 1.54) is 0 Å². The second-order valence-electron chi connectivity index (χ2n) is 6.33. The fraction of sp³-hybridized carbons (Fsp3) is 0.300. The summed E-state index contributed by atoms with van der Waals surface area (Å²) in [6.45, 7) is 4.13. The minimum absolute atomic E-state index is 0.226. The van der Waals surface area contributed by atoms with Gasteiger partial charge in [-0.25, -0.2) is 4.79 Å². The molecule has 0 aromatic heterocycles. The Hall–Kier alpha value is -2.66. The maximum atomic E-state index is 12.4. The highest BCUT2D eigenvalue weighted by Crippen LogP contribution is 2.15. The molecule has 0 spiro atoms. The summed E-state index contributed by atoms with van der Waals surface area (Å²) >= 11 is 0. The van der Waals surface area contributed by atoms with Crippen LogP contribution in [-0.4, -0.2) is 34.2 Å². The lowest BCUT2D eigenvalue weighted by Gasteiger charge is -2.22. The summed E-state index contributed by atoms with van der Waals surface area (Å²) in [5.41, 5.74) is 2.38. The number of aliphatic hydroxyl groups excluding tert-OH is 1. The molecule has 2 aromatic rings. The van der Waals surface area contributed by atoms with Crippen LogP contribution < -0.4 is 5.32 Å². The number of nitrogens with one attached hydrogen (secondary N) is 1. The molecule has 2 rings (SSSR count). The molecule has 5 nitrogen and oxygen atoms in total. The van der Waals surface area contributed by atoms with Crippen molar-refractivity contribution in [1.29, 1.82) is 0 Å². The number of carbonyl (C=O) groups is 2. The minimum atomic E-state index is -1.68. The molecule has 132 valence electrons. The van der Waals surface area contributed by atoms with Gasteiger partial charge in [-0.15, -0.1) is 0 Å². The van der Waals surface area contributed by atoms with Crippen LogP contribution in [0.3, 0.4) is 0 Å². The Balaban J connectivity index is 2.14. The van der Waals surface area contributed by atoms with Crippen LogP contribution in [0.5, 0.6) is 0 Å². The predicted molar refractivity (Wildman–Crippen MR) is 95.6 cm³/mol. The maximum absolute atomic E-state index is 12.4. The van der Waals surface area contributed by atoms with Crippen LogP contribution in [0, 0.1) is 0 Å². The van der Waals surface area contributed by atoms with Gasteiger partial charge in [0, 0.05) is 5.56 Å². The Morgan fingerprint density at radius 2 is 1.60 bits per heavy atom. The summed E-state index contributed by atoms with van der Waals surface area (Å²) < 4.78 is 0. The zero-order valence-corrected chi connectivity index (χ0v) is 14.3. The van der Waals surface area contributed by atoms with Crippen molar-refractivity contribution in [1.82, 2.24) is 5.32 Å². The van der Waals surface area contributed by atoms with E-state index in [1.54, 1.807) is 12.1 Å². The number of hydrogen-bond acceptors (Lipinski definition) is 3. The van der Waals surface area contributed by atoms with E-state index < -0.39 is 24.0 Å². The third-order valence-corrected chi connectivity index (χ3v) is 4.09. The van der Waals surface area contributed by atoms with Crippen LogP contribution in [0.4, 0.5) is 0 Å². The maximum Gasteiger partial charge on any atom is 0.334 e. The van der Waals surface area contributed by atoms with Gasteiger partial charge in [0.25, 0.3) is 5.91 Å². The Bertz CT molecular complexity index is 710. The monoisotopic (exact) mass is 341 g/mol. The zero-order valence-electron chi connectivity index (χ0n) is 14.3. The molecule has 0 fully saturated rings. The van der Waals surface area contributed by atoms with Crippen molar-refractivity contribution in [2.24, 2.45) is 0 Å². The summed E-state index contributed by atoms with van der Waals surface area (Å²) in [6.07, 6.45) is -1.46. The van der Waals surface area contributed by atoms with Gasteiger partial charge >= 0.3 is 5.97 Å². The first-order valence-corrected chi connectivity index (χ1v) is 8.24. The van der Waals surface area contributed by atoms with E-state index in [1.807, 2.05) is 42.5 Å². The second kappa shape index (κ2) is 8.44. The van der Waals surface area contributed by atoms with E-state index >= 15 is 0 Å². The number of hydrogen-bond donors (Lipinski definition) is 3. The summed E-state index contributed by atoms with van der Waals surface area (Å²) in [6, 6.07) is 15.4. The number of rotatable bonds is 7. The van der Waals surface area contributed by atoms with Gasteiger partial charge in [-0.3, -0.25) is 4.79 Å². The van der Waals surface area contributed by atoms with E-state index in [4.69, 9.17) is 5.11 Å². The van der Waals surface area contributed by atoms with Gasteiger partial charge in [-0.1, -0.05) is 56.3 Å². The third kappa shape index (κ3) is 5.16. The number of carboxylic acids is 1. The zero-order chi connectivity index (χ0) is 18.4. The molecule has 5 heteroatoms. The fourth-order valence-corrected chi connectivity index (χ4v) is 2.55. The number of carboxylic acid groups (broad SMARTS) is 1. The number of aliphatic carboxylic acids is 1. The van der Waals surface area contributed by atoms with E-state index in [0.29, 0.717) is 11.5 Å². The molecule has 0 unspecified atom stereocenters. The normalized spacial score (nSPS) is 13.3. The third-order valence-electron chi connectivity index (χ3n) is 4.09. The van der Waals surface area contributed by atoms with Gasteiger partial charge in [-0.2, -0.15) is 0 Å². The molecule has 2 atom stereocenters. The lowest BCUT2D eigenvalue weighted by atomic mass is 9.99. The quantitative estimate of drug-likeness (QED) is 0.722. The molecule has 0 bridgehead atoms. The standard InChI is InChI=1S/C20H23NO4/c1-13(2)15-8-10-16(11-9-15)19(23)21-17(18(22)20(24)25)12-14-6-4-3-5-7-14/h3-11,13,17-18,22H,12H2,1-2H3,(H,21,23)(H,24,25)/t17-,18-/m1/s1. The van der Waals surface area contributed by atoms with Gasteiger partial charge in [0.05, 0.1) is 6.04 Å². The molecule has 0 heterocycles. The Morgan fingerprint density at radius 3 is 2.12 bits per heavy atom. The van der Waals surface area contributed by atoms with E-state index in [0.717, 1.165) is 11.1 Å². The van der Waals surface area contributed by atoms with Crippen LogP contribution in [0.2, 0.25) is 0 Å². The lowest BCUT2D eigenvalue weighted by molar-refractivity contribution is -0.148. The lowest BCUT2D eigenvalue weighted by Crippen LogP contribution is -2.48. The highest BCUT2D eigenvalue weighted by atomic mass is 16.4. The summed E-state index contributed by atoms with van der Waals surface area (Å²) in [4.78, 5) is 23.6. The van der Waals surface area contributed by atoms with Crippen molar-refractivity contribution >= 4 is 11.9 Å². The van der Waals surface area contributed by atoms with Crippen LogP contribution in [0.25, 0.3) is 0 Å². The molecule has 25 heavy (non-hydrogen) atoms. The van der Waals surface area contributed by atoms with Crippen molar-refractivity contribution in [3.63, 3.8) is 0 Å². The molecule has 0 aliphatic heterocycles. The Kier molecular flexibility index (Phi) is 6.31. The van der Waals surface area contributed by atoms with Crippen LogP contribution in [-0.2, 0) is 11.2 Å². The first kappa shape index (κ1) is 18.7. The van der Waals surface area contributed by atoms with Gasteiger partial charge in [0.1, 0.15) is 0 Å². The molecule has 3 N–H and O–H groups in total. The Labute approximate surface area is 147 Å². The minimum Gasteiger partial charge on any atom is -0.479 e. The number of amides is 1. The van der Waals surface area contributed by atoms with Crippen molar-refractivity contribution in [3.8, 4) is 0 Å². The Morgan fingerprint density at radius 1 is 1.00 bits per heavy atom. The van der Waals surface area contributed by atoms with E-state index in [9.17, 15) is 14.7 Å². The molecule has 1 amide bonds. The largest absolute Gasteiger partial charge is 0.479 e. The molecule has 0 saturated carbocycles. The van der Waals surface area contributed by atoms with Crippen molar-refractivity contribution in [2.75, 3.05) is 0 Å². The highest BCUT2D eigenvalue weighted by molar-refractivity contribution is 5.94. The highest BCUT2D eigenvalue weighted by Gasteiger charge is 2.27. The SMILES string of the molecule is CC(C)c1ccc(C(=O)N[C@H](Cc2ccccc2)[C@@H](O)C(=O)O)cc1. The van der Waals surface area contributed by atoms with Crippen LogP contribution in [0.1, 0.15) is 41.3 Å². The molecular weight excluding hydrogens is 318 g/mol. The molecule has 0 radical (unpaired) electrons. The average Bonchev–Trinajstić information content (AvgIpc) is 2.61. The van der Waals surface area contributed by atoms with E-state index in [-0.39, 0.29) is 6.42 Å². The van der Waals surface area contributed by atoms with Gasteiger partial charge in [-0.05, 0) is 35.6 Å². The second-order valence-corrected chi connectivity index (χ2v) is 6.33. The summed E-state index contributed by atoms with van der Waals surface area (Å²) in [5.74, 6) is -1.41. The molecule has 0 aliphatic carbocycles. The molecule has 2 aromatic carbocycles. The summed E-state index contributed by atoms with van der Waals surface area (Å²) in [5, 5.41) is 21.7. The summed E-state index contributed by atoms with van der Waals surface area (Å²) in [7, 11) is 0. The molecule has 0 aliphatic rings. The number of carbonyl (C=O) groups excluding carboxylic acids is 1. The number of aliphatic hydroxyl groups is 1. The molecule has 0 saturated heterocycles. The first-order chi connectivity index (χ1) is 11.9.